The molecule has 32 heavy (non-hydrogen) atoms. The lowest BCUT2D eigenvalue weighted by molar-refractivity contribution is -0.120. The molecule has 4 heterocycles. The second-order valence-electron chi connectivity index (χ2n) is 8.33. The molecule has 0 atom stereocenters. The smallest absolute Gasteiger partial charge is 0.297 e. The van der Waals surface area contributed by atoms with Crippen LogP contribution < -0.4 is 10.2 Å². The van der Waals surface area contributed by atoms with Crippen molar-refractivity contribution in [3.8, 4) is 0 Å². The molecule has 0 aliphatic carbocycles. The normalized spacial score (nSPS) is 18.3. The number of urea groups is 1. The van der Waals surface area contributed by atoms with E-state index in [0.29, 0.717) is 12.2 Å². The number of pyridine rings is 1. The summed E-state index contributed by atoms with van der Waals surface area (Å²) >= 11 is 0. The van der Waals surface area contributed by atoms with Crippen LogP contribution in [0.4, 0.5) is 14.9 Å². The fourth-order valence-electron chi connectivity index (χ4n) is 4.37. The Morgan fingerprint density at radius 2 is 1.66 bits per heavy atom. The molecule has 0 bridgehead atoms. The van der Waals surface area contributed by atoms with E-state index in [1.807, 2.05) is 18.3 Å². The molecule has 1 N–H and O–H groups in total. The Morgan fingerprint density at radius 1 is 0.938 bits per heavy atom. The van der Waals surface area contributed by atoms with Gasteiger partial charge >= 0.3 is 6.03 Å². The molecule has 1 aromatic carbocycles. The highest BCUT2D eigenvalue weighted by molar-refractivity contribution is 6.07. The van der Waals surface area contributed by atoms with Crippen molar-refractivity contribution in [2.75, 3.05) is 37.6 Å². The van der Waals surface area contributed by atoms with E-state index in [1.165, 1.54) is 6.07 Å². The van der Waals surface area contributed by atoms with Crippen molar-refractivity contribution in [1.82, 2.24) is 24.7 Å². The summed E-state index contributed by atoms with van der Waals surface area (Å²) in [6, 6.07) is 10.5. The van der Waals surface area contributed by atoms with Gasteiger partial charge in [-0.2, -0.15) is 5.10 Å². The number of rotatable bonds is 5. The Kier molecular flexibility index (Phi) is 5.59. The van der Waals surface area contributed by atoms with Crippen LogP contribution in [-0.4, -0.2) is 64.1 Å². The summed E-state index contributed by atoms with van der Waals surface area (Å²) in [6.45, 7) is 5.64. The van der Waals surface area contributed by atoms with Crippen molar-refractivity contribution in [2.24, 2.45) is 0 Å². The summed E-state index contributed by atoms with van der Waals surface area (Å²) in [5.74, 6) is -0.440. The number of amides is 3. The highest BCUT2D eigenvalue weighted by Crippen LogP contribution is 2.25. The van der Waals surface area contributed by atoms with E-state index in [9.17, 15) is 14.0 Å². The SMILES string of the molecule is O=C1CCN(c2cnn3ccc(CN4CCN(Cc5cccc(F)c5)CC4)cc23)C(=O)N1. The number of nitrogens with zero attached hydrogens (tertiary/aromatic N) is 5. The highest BCUT2D eigenvalue weighted by Gasteiger charge is 2.26. The minimum absolute atomic E-state index is 0.190. The Labute approximate surface area is 185 Å². The zero-order valence-electron chi connectivity index (χ0n) is 17.7. The summed E-state index contributed by atoms with van der Waals surface area (Å²) in [5, 5.41) is 6.72. The Morgan fingerprint density at radius 3 is 2.34 bits per heavy atom. The number of fused-ring (bicyclic) bond motifs is 1. The van der Waals surface area contributed by atoms with Gasteiger partial charge < -0.3 is 0 Å². The van der Waals surface area contributed by atoms with Gasteiger partial charge in [-0.3, -0.25) is 24.8 Å². The predicted molar refractivity (Wildman–Crippen MR) is 118 cm³/mol. The zero-order chi connectivity index (χ0) is 22.1. The third-order valence-electron chi connectivity index (χ3n) is 6.08. The van der Waals surface area contributed by atoms with Crippen LogP contribution >= 0.6 is 0 Å². The summed E-state index contributed by atoms with van der Waals surface area (Å²) in [5.41, 5.74) is 3.69. The van der Waals surface area contributed by atoms with Gasteiger partial charge in [-0.1, -0.05) is 12.1 Å². The van der Waals surface area contributed by atoms with Gasteiger partial charge in [0.05, 0.1) is 17.4 Å². The summed E-state index contributed by atoms with van der Waals surface area (Å²) in [7, 11) is 0. The molecular weight excluding hydrogens is 411 g/mol. The van der Waals surface area contributed by atoms with Crippen molar-refractivity contribution < 1.29 is 14.0 Å². The van der Waals surface area contributed by atoms with Gasteiger partial charge in [0.25, 0.3) is 0 Å². The number of hydrogen-bond donors (Lipinski definition) is 1. The third-order valence-corrected chi connectivity index (χ3v) is 6.08. The number of anilines is 1. The van der Waals surface area contributed by atoms with Crippen LogP contribution in [0.3, 0.4) is 0 Å². The molecule has 2 fully saturated rings. The quantitative estimate of drug-likeness (QED) is 0.664. The van der Waals surface area contributed by atoms with Crippen molar-refractivity contribution in [3.63, 3.8) is 0 Å². The lowest BCUT2D eigenvalue weighted by Crippen LogP contribution is -2.49. The van der Waals surface area contributed by atoms with Gasteiger partial charge in [0.15, 0.2) is 0 Å². The van der Waals surface area contributed by atoms with E-state index in [2.05, 4.69) is 26.3 Å². The first kappa shape index (κ1) is 20.6. The minimum Gasteiger partial charge on any atom is -0.297 e. The molecule has 0 spiro atoms. The van der Waals surface area contributed by atoms with Gasteiger partial charge in [-0.25, -0.2) is 13.7 Å². The maximum absolute atomic E-state index is 13.4. The van der Waals surface area contributed by atoms with Gasteiger partial charge in [-0.15, -0.1) is 0 Å². The van der Waals surface area contributed by atoms with Crippen molar-refractivity contribution in [3.05, 3.63) is 65.7 Å². The molecule has 3 amide bonds. The summed E-state index contributed by atoms with van der Waals surface area (Å²) < 4.78 is 15.2. The molecule has 2 aromatic heterocycles. The zero-order valence-corrected chi connectivity index (χ0v) is 17.7. The number of nitrogens with one attached hydrogen (secondary N) is 1. The van der Waals surface area contributed by atoms with Crippen LogP contribution in [0, 0.1) is 5.82 Å². The van der Waals surface area contributed by atoms with Gasteiger partial charge in [0, 0.05) is 58.4 Å². The standard InChI is InChI=1S/C23H25FN6O2/c24-19-3-1-2-17(12-19)15-27-8-10-28(11-9-27)16-18-4-7-30-20(13-18)21(14-25-30)29-6-5-22(31)26-23(29)32/h1-4,7,12-14H,5-6,8-11,15-16H2,(H,26,31,32). The van der Waals surface area contributed by atoms with Gasteiger partial charge in [0.2, 0.25) is 5.91 Å². The van der Waals surface area contributed by atoms with Crippen LogP contribution in [0.25, 0.3) is 5.52 Å². The topological polar surface area (TPSA) is 73.2 Å². The van der Waals surface area contributed by atoms with E-state index in [0.717, 1.165) is 55.9 Å². The number of aromatic nitrogens is 2. The minimum atomic E-state index is -0.407. The lowest BCUT2D eigenvalue weighted by atomic mass is 10.1. The maximum atomic E-state index is 13.4. The molecule has 0 saturated carbocycles. The molecule has 3 aromatic rings. The van der Waals surface area contributed by atoms with Crippen LogP contribution in [0.2, 0.25) is 0 Å². The summed E-state index contributed by atoms with van der Waals surface area (Å²) in [4.78, 5) is 30.0. The van der Waals surface area contributed by atoms with E-state index in [4.69, 9.17) is 0 Å². The van der Waals surface area contributed by atoms with E-state index in [1.54, 1.807) is 27.7 Å². The van der Waals surface area contributed by atoms with Crippen LogP contribution in [0.5, 0.6) is 0 Å². The molecule has 5 rings (SSSR count). The first-order valence-electron chi connectivity index (χ1n) is 10.8. The molecule has 9 heteroatoms. The van der Waals surface area contributed by atoms with E-state index >= 15 is 0 Å². The number of imide groups is 1. The monoisotopic (exact) mass is 436 g/mol. The Bertz CT molecular complexity index is 1150. The van der Waals surface area contributed by atoms with Crippen molar-refractivity contribution >= 4 is 23.1 Å². The highest BCUT2D eigenvalue weighted by atomic mass is 19.1. The number of carbonyl (C=O) groups is 2. The van der Waals surface area contributed by atoms with Gasteiger partial charge in [-0.05, 0) is 35.4 Å². The average Bonchev–Trinajstić information content (AvgIpc) is 3.18. The molecule has 0 radical (unpaired) electrons. The van der Waals surface area contributed by atoms with Crippen molar-refractivity contribution in [1.29, 1.82) is 0 Å². The Hall–Kier alpha value is -3.30. The number of piperazine rings is 1. The number of benzene rings is 1. The fourth-order valence-corrected chi connectivity index (χ4v) is 4.37. The van der Waals surface area contributed by atoms with E-state index in [-0.39, 0.29) is 18.1 Å². The second kappa shape index (κ2) is 8.68. The largest absolute Gasteiger partial charge is 0.328 e. The third kappa shape index (κ3) is 4.35. The average molecular weight is 436 g/mol. The first-order chi connectivity index (χ1) is 15.5. The van der Waals surface area contributed by atoms with Gasteiger partial charge in [0.1, 0.15) is 5.82 Å². The predicted octanol–water partition coefficient (Wildman–Crippen LogP) is 2.24. The van der Waals surface area contributed by atoms with Crippen LogP contribution in [-0.2, 0) is 17.9 Å². The molecule has 2 saturated heterocycles. The Balaban J connectivity index is 1.23. The van der Waals surface area contributed by atoms with Crippen LogP contribution in [0.15, 0.2) is 48.8 Å². The molecule has 0 unspecified atom stereocenters. The second-order valence-corrected chi connectivity index (χ2v) is 8.33. The van der Waals surface area contributed by atoms with Crippen molar-refractivity contribution in [2.45, 2.75) is 19.5 Å². The number of halogens is 1. The molecule has 2 aliphatic heterocycles. The number of carbonyl (C=O) groups excluding carboxylic acids is 2. The maximum Gasteiger partial charge on any atom is 0.328 e. The number of hydrogen-bond acceptors (Lipinski definition) is 5. The molecular formula is C23H25FN6O2. The van der Waals surface area contributed by atoms with E-state index < -0.39 is 6.03 Å². The van der Waals surface area contributed by atoms with Crippen LogP contribution in [0.1, 0.15) is 17.5 Å². The lowest BCUT2D eigenvalue weighted by Gasteiger charge is -2.34. The summed E-state index contributed by atoms with van der Waals surface area (Å²) in [6.07, 6.45) is 3.85. The molecule has 2 aliphatic rings. The molecule has 8 nitrogen and oxygen atoms in total. The molecule has 166 valence electrons. The first-order valence-corrected chi connectivity index (χ1v) is 10.8. The fraction of sp³-hybridized carbons (Fsp3) is 0.348.